The number of aromatic carboxylic acids is 1. The Balaban J connectivity index is 1.75. The average Bonchev–Trinajstić information content (AvgIpc) is 3.29. The lowest BCUT2D eigenvalue weighted by atomic mass is 9.83. The first kappa shape index (κ1) is 21.2. The quantitative estimate of drug-likeness (QED) is 0.591. The van der Waals surface area contributed by atoms with E-state index in [4.69, 9.17) is 0 Å². The number of benzene rings is 1. The smallest absolute Gasteiger partial charge is 0.345 e. The number of likely N-dealkylation sites (N-methyl/N-ethyl adjacent to an activating group) is 1. The fourth-order valence-electron chi connectivity index (χ4n) is 5.29. The number of carbonyl (C=O) groups excluding carboxylic acids is 1. The van der Waals surface area contributed by atoms with Crippen LogP contribution in [0.3, 0.4) is 0 Å². The van der Waals surface area contributed by atoms with Gasteiger partial charge in [-0.25, -0.2) is 4.79 Å². The van der Waals surface area contributed by atoms with E-state index in [1.165, 1.54) is 36.2 Å². The normalized spacial score (nSPS) is 17.0. The predicted octanol–water partition coefficient (Wildman–Crippen LogP) is 5.02. The summed E-state index contributed by atoms with van der Waals surface area (Å²) in [5.41, 5.74) is 5.30. The third-order valence-corrected chi connectivity index (χ3v) is 7.96. The molecule has 1 aromatic carbocycles. The molecule has 7 heteroatoms. The van der Waals surface area contributed by atoms with Crippen LogP contribution in [-0.2, 0) is 11.3 Å². The van der Waals surface area contributed by atoms with Gasteiger partial charge < -0.3 is 19.5 Å². The minimum absolute atomic E-state index is 0.0493. The van der Waals surface area contributed by atoms with Gasteiger partial charge in [-0.15, -0.1) is 11.3 Å². The number of hydrogen-bond acceptors (Lipinski definition) is 4. The number of thiophene rings is 1. The van der Waals surface area contributed by atoms with Crippen molar-refractivity contribution in [3.63, 3.8) is 0 Å². The van der Waals surface area contributed by atoms with Crippen molar-refractivity contribution in [2.45, 2.75) is 44.6 Å². The monoisotopic (exact) mass is 451 g/mol. The van der Waals surface area contributed by atoms with Crippen molar-refractivity contribution in [2.75, 3.05) is 32.1 Å². The molecule has 1 aliphatic heterocycles. The van der Waals surface area contributed by atoms with Crippen molar-refractivity contribution in [2.24, 2.45) is 0 Å². The van der Waals surface area contributed by atoms with E-state index in [0.29, 0.717) is 17.3 Å². The van der Waals surface area contributed by atoms with Gasteiger partial charge in [0.1, 0.15) is 11.4 Å². The van der Waals surface area contributed by atoms with Gasteiger partial charge in [0.2, 0.25) is 5.91 Å². The van der Waals surface area contributed by atoms with Crippen LogP contribution in [0.15, 0.2) is 30.3 Å². The molecule has 1 fully saturated rings. The summed E-state index contributed by atoms with van der Waals surface area (Å²) in [4.78, 5) is 29.6. The molecule has 2 aromatic heterocycles. The van der Waals surface area contributed by atoms with Gasteiger partial charge in [-0.3, -0.25) is 4.79 Å². The largest absolute Gasteiger partial charge is 0.477 e. The average molecular weight is 452 g/mol. The summed E-state index contributed by atoms with van der Waals surface area (Å²) in [5.74, 6) is -0.449. The second-order valence-electron chi connectivity index (χ2n) is 9.18. The molecule has 5 rings (SSSR count). The summed E-state index contributed by atoms with van der Waals surface area (Å²) in [7, 11) is 4.03. The molecule has 1 aliphatic carbocycles. The van der Waals surface area contributed by atoms with Crippen molar-refractivity contribution in [3.8, 4) is 11.3 Å². The first-order valence-electron chi connectivity index (χ1n) is 11.4. The summed E-state index contributed by atoms with van der Waals surface area (Å²) in [5, 5.41) is 9.66. The molecule has 0 spiro atoms. The first-order chi connectivity index (χ1) is 15.5. The number of fused-ring (bicyclic) bond motifs is 5. The van der Waals surface area contributed by atoms with E-state index < -0.39 is 5.97 Å². The Morgan fingerprint density at radius 3 is 2.66 bits per heavy atom. The molecule has 0 radical (unpaired) electrons. The number of nitrogens with zero attached hydrogens (tertiary/aromatic N) is 3. The lowest BCUT2D eigenvalue weighted by Gasteiger charge is -2.25. The van der Waals surface area contributed by atoms with Crippen LogP contribution in [0.25, 0.3) is 21.5 Å². The number of aromatic nitrogens is 1. The van der Waals surface area contributed by atoms with Gasteiger partial charge >= 0.3 is 5.97 Å². The number of carbonyl (C=O) groups is 2. The molecule has 2 aliphatic rings. The molecule has 3 heterocycles. The number of hydrogen-bond donors (Lipinski definition) is 1. The third-order valence-electron chi connectivity index (χ3n) is 6.81. The van der Waals surface area contributed by atoms with Crippen LogP contribution in [0.2, 0.25) is 0 Å². The van der Waals surface area contributed by atoms with Crippen molar-refractivity contribution in [1.82, 2.24) is 9.47 Å². The molecule has 3 aromatic rings. The minimum Gasteiger partial charge on any atom is -0.477 e. The molecular formula is C25H29N3O3S. The summed E-state index contributed by atoms with van der Waals surface area (Å²) in [6, 6.07) is 9.98. The molecule has 1 amide bonds. The van der Waals surface area contributed by atoms with Crippen molar-refractivity contribution in [3.05, 3.63) is 40.8 Å². The van der Waals surface area contributed by atoms with Crippen molar-refractivity contribution in [1.29, 1.82) is 0 Å². The molecule has 0 unspecified atom stereocenters. The van der Waals surface area contributed by atoms with Gasteiger partial charge in [-0.2, -0.15) is 0 Å². The van der Waals surface area contributed by atoms with Crippen LogP contribution in [0.4, 0.5) is 5.69 Å². The van der Waals surface area contributed by atoms with Gasteiger partial charge in [0, 0.05) is 18.7 Å². The second-order valence-corrected chi connectivity index (χ2v) is 10.2. The van der Waals surface area contributed by atoms with E-state index in [2.05, 4.69) is 15.5 Å². The molecule has 0 saturated heterocycles. The van der Waals surface area contributed by atoms with Gasteiger partial charge in [0.05, 0.1) is 21.6 Å². The Bertz CT molecular complexity index is 1190. The highest BCUT2D eigenvalue weighted by Crippen LogP contribution is 2.49. The Morgan fingerprint density at radius 2 is 1.94 bits per heavy atom. The molecule has 6 nitrogen and oxygen atoms in total. The molecule has 1 N–H and O–H groups in total. The fourth-order valence-corrected chi connectivity index (χ4v) is 6.41. The topological polar surface area (TPSA) is 65.8 Å². The lowest BCUT2D eigenvalue weighted by molar-refractivity contribution is -0.119. The van der Waals surface area contributed by atoms with E-state index in [1.54, 1.807) is 6.07 Å². The van der Waals surface area contributed by atoms with Gasteiger partial charge in [0.15, 0.2) is 0 Å². The van der Waals surface area contributed by atoms with Gasteiger partial charge in [-0.05, 0) is 50.6 Å². The SMILES string of the molecule is CN(C)CCN1C(=O)Cn2c(c(C3CCCCC3)c3sc(C(=O)O)cc32)-c2ccccc21. The maximum absolute atomic E-state index is 13.5. The number of rotatable bonds is 5. The summed E-state index contributed by atoms with van der Waals surface area (Å²) >= 11 is 1.36. The molecule has 0 bridgehead atoms. The highest BCUT2D eigenvalue weighted by Gasteiger charge is 2.34. The number of amides is 1. The number of para-hydroxylation sites is 1. The van der Waals surface area contributed by atoms with E-state index in [0.717, 1.165) is 46.5 Å². The van der Waals surface area contributed by atoms with Crippen molar-refractivity contribution >= 4 is 39.1 Å². The fraction of sp³-hybridized carbons (Fsp3) is 0.440. The third kappa shape index (κ3) is 3.53. The first-order valence-corrected chi connectivity index (χ1v) is 12.2. The van der Waals surface area contributed by atoms with Crippen LogP contribution in [-0.4, -0.2) is 53.6 Å². The zero-order chi connectivity index (χ0) is 22.4. The van der Waals surface area contributed by atoms with Crippen LogP contribution in [0, 0.1) is 0 Å². The van der Waals surface area contributed by atoms with Gasteiger partial charge in [0.25, 0.3) is 0 Å². The zero-order valence-corrected chi connectivity index (χ0v) is 19.5. The van der Waals surface area contributed by atoms with Crippen molar-refractivity contribution < 1.29 is 14.7 Å². The summed E-state index contributed by atoms with van der Waals surface area (Å²) in [6.45, 7) is 1.64. The van der Waals surface area contributed by atoms with Crippen LogP contribution in [0.1, 0.15) is 53.3 Å². The number of carboxylic acids is 1. The Morgan fingerprint density at radius 1 is 1.19 bits per heavy atom. The Kier molecular flexibility index (Phi) is 5.55. The van der Waals surface area contributed by atoms with E-state index in [-0.39, 0.29) is 12.5 Å². The summed E-state index contributed by atoms with van der Waals surface area (Å²) < 4.78 is 3.15. The summed E-state index contributed by atoms with van der Waals surface area (Å²) in [6.07, 6.45) is 5.89. The maximum Gasteiger partial charge on any atom is 0.345 e. The lowest BCUT2D eigenvalue weighted by Crippen LogP contribution is -2.37. The number of carboxylic acid groups (broad SMARTS) is 1. The second kappa shape index (κ2) is 8.37. The maximum atomic E-state index is 13.5. The predicted molar refractivity (Wildman–Crippen MR) is 129 cm³/mol. The standard InChI is InChI=1S/C25H29N3O3S/c1-26(2)12-13-27-18-11-7-6-10-17(18)23-22(16-8-4-3-5-9-16)24-19(28(23)15-21(27)29)14-20(32-24)25(30)31/h6-7,10-11,14,16H,3-5,8-9,12-13,15H2,1-2H3,(H,30,31). The Hall–Kier alpha value is -2.64. The molecule has 1 saturated carbocycles. The highest BCUT2D eigenvalue weighted by atomic mass is 32.1. The van der Waals surface area contributed by atoms with Crippen LogP contribution < -0.4 is 4.90 Å². The molecule has 0 atom stereocenters. The molecular weight excluding hydrogens is 422 g/mol. The zero-order valence-electron chi connectivity index (χ0n) is 18.6. The molecule has 32 heavy (non-hydrogen) atoms. The minimum atomic E-state index is -0.900. The highest BCUT2D eigenvalue weighted by molar-refractivity contribution is 7.21. The Labute approximate surface area is 192 Å². The van der Waals surface area contributed by atoms with Crippen LogP contribution in [0.5, 0.6) is 0 Å². The van der Waals surface area contributed by atoms with E-state index in [1.807, 2.05) is 37.2 Å². The van der Waals surface area contributed by atoms with E-state index >= 15 is 0 Å². The van der Waals surface area contributed by atoms with E-state index in [9.17, 15) is 14.7 Å². The van der Waals surface area contributed by atoms with Gasteiger partial charge in [-0.1, -0.05) is 37.5 Å². The van der Waals surface area contributed by atoms with Crippen LogP contribution >= 0.6 is 11.3 Å². The number of anilines is 1. The molecule has 168 valence electrons.